The summed E-state index contributed by atoms with van der Waals surface area (Å²) in [6.07, 6.45) is 2.04. The number of hydrogen-bond donors (Lipinski definition) is 2. The number of aliphatic hydroxyl groups is 1. The lowest BCUT2D eigenvalue weighted by Crippen LogP contribution is -2.36. The fourth-order valence-corrected chi connectivity index (χ4v) is 1.39. The zero-order chi connectivity index (χ0) is 11.1. The summed E-state index contributed by atoms with van der Waals surface area (Å²) in [7, 11) is 1.58. The third kappa shape index (κ3) is 4.97. The van der Waals surface area contributed by atoms with Crippen LogP contribution >= 0.6 is 0 Å². The van der Waals surface area contributed by atoms with Crippen LogP contribution in [-0.4, -0.2) is 37.5 Å². The zero-order valence-corrected chi connectivity index (χ0v) is 9.27. The van der Waals surface area contributed by atoms with Crippen LogP contribution in [0, 0.1) is 0 Å². The molecule has 0 saturated heterocycles. The number of ether oxygens (including phenoxy) is 1. The Morgan fingerprint density at radius 3 is 3.00 bits per heavy atom. The van der Waals surface area contributed by atoms with Crippen molar-refractivity contribution in [2.24, 2.45) is 0 Å². The number of furan rings is 1. The van der Waals surface area contributed by atoms with Crippen LogP contribution in [0.4, 0.5) is 0 Å². The summed E-state index contributed by atoms with van der Waals surface area (Å²) >= 11 is 0. The van der Waals surface area contributed by atoms with E-state index < -0.39 is 6.10 Å². The number of nitrogens with one attached hydrogen (secondary N) is 1. The van der Waals surface area contributed by atoms with E-state index in [0.29, 0.717) is 13.2 Å². The first kappa shape index (κ1) is 12.2. The van der Waals surface area contributed by atoms with Crippen LogP contribution in [0.5, 0.6) is 0 Å². The summed E-state index contributed by atoms with van der Waals surface area (Å²) in [4.78, 5) is 0. The molecule has 0 aliphatic rings. The predicted molar refractivity (Wildman–Crippen MR) is 57.8 cm³/mol. The van der Waals surface area contributed by atoms with Gasteiger partial charge >= 0.3 is 0 Å². The highest BCUT2D eigenvalue weighted by Gasteiger charge is 2.08. The zero-order valence-electron chi connectivity index (χ0n) is 9.27. The van der Waals surface area contributed by atoms with Gasteiger partial charge in [-0.25, -0.2) is 0 Å². The fourth-order valence-electron chi connectivity index (χ4n) is 1.39. The third-order valence-corrected chi connectivity index (χ3v) is 2.15. The van der Waals surface area contributed by atoms with Crippen LogP contribution in [0.15, 0.2) is 22.8 Å². The molecule has 0 aliphatic carbocycles. The molecular weight excluding hydrogens is 194 g/mol. The standard InChI is InChI=1S/C11H19NO3/c1-9(6-11-4-3-5-15-11)12-7-10(13)8-14-2/h3-5,9-10,12-13H,6-8H2,1-2H3. The van der Waals surface area contributed by atoms with E-state index in [2.05, 4.69) is 12.2 Å². The van der Waals surface area contributed by atoms with Gasteiger partial charge in [-0.1, -0.05) is 0 Å². The van der Waals surface area contributed by atoms with Crippen molar-refractivity contribution in [1.29, 1.82) is 0 Å². The molecule has 2 unspecified atom stereocenters. The minimum atomic E-state index is -0.450. The van der Waals surface area contributed by atoms with Crippen molar-refractivity contribution in [2.75, 3.05) is 20.3 Å². The average Bonchev–Trinajstić information content (AvgIpc) is 2.68. The highest BCUT2D eigenvalue weighted by molar-refractivity contribution is 4.99. The summed E-state index contributed by atoms with van der Waals surface area (Å²) in [5.74, 6) is 0.955. The summed E-state index contributed by atoms with van der Waals surface area (Å²) in [6, 6.07) is 4.11. The molecule has 4 heteroatoms. The van der Waals surface area contributed by atoms with Crippen molar-refractivity contribution in [1.82, 2.24) is 5.32 Å². The molecule has 0 radical (unpaired) electrons. The molecule has 0 amide bonds. The molecule has 1 heterocycles. The van der Waals surface area contributed by atoms with E-state index in [4.69, 9.17) is 9.15 Å². The quantitative estimate of drug-likeness (QED) is 0.703. The molecule has 15 heavy (non-hydrogen) atoms. The maximum atomic E-state index is 9.41. The molecule has 2 N–H and O–H groups in total. The van der Waals surface area contributed by atoms with Gasteiger partial charge < -0.3 is 19.6 Å². The van der Waals surface area contributed by atoms with Gasteiger partial charge in [0.2, 0.25) is 0 Å². The Morgan fingerprint density at radius 1 is 1.60 bits per heavy atom. The highest BCUT2D eigenvalue weighted by Crippen LogP contribution is 2.03. The Morgan fingerprint density at radius 2 is 2.40 bits per heavy atom. The molecule has 0 aromatic carbocycles. The third-order valence-electron chi connectivity index (χ3n) is 2.15. The van der Waals surface area contributed by atoms with Gasteiger partial charge in [0.15, 0.2) is 0 Å². The molecule has 1 aromatic rings. The molecule has 1 rings (SSSR count). The van der Waals surface area contributed by atoms with Crippen molar-refractivity contribution in [3.8, 4) is 0 Å². The van der Waals surface area contributed by atoms with E-state index in [1.807, 2.05) is 12.1 Å². The smallest absolute Gasteiger partial charge is 0.105 e. The van der Waals surface area contributed by atoms with Gasteiger partial charge in [-0.2, -0.15) is 0 Å². The highest BCUT2D eigenvalue weighted by atomic mass is 16.5. The predicted octanol–water partition coefficient (Wildman–Crippen LogP) is 0.807. The maximum Gasteiger partial charge on any atom is 0.105 e. The second-order valence-corrected chi connectivity index (χ2v) is 3.70. The SMILES string of the molecule is COCC(O)CNC(C)Cc1ccco1. The number of hydrogen-bond acceptors (Lipinski definition) is 4. The van der Waals surface area contributed by atoms with Crippen molar-refractivity contribution >= 4 is 0 Å². The van der Waals surface area contributed by atoms with Gasteiger partial charge in [-0.15, -0.1) is 0 Å². The normalized spacial score (nSPS) is 15.1. The monoisotopic (exact) mass is 213 g/mol. The summed E-state index contributed by atoms with van der Waals surface area (Å²) < 4.78 is 10.1. The lowest BCUT2D eigenvalue weighted by atomic mass is 10.2. The van der Waals surface area contributed by atoms with Gasteiger partial charge in [-0.05, 0) is 19.1 Å². The van der Waals surface area contributed by atoms with E-state index in [-0.39, 0.29) is 6.04 Å². The van der Waals surface area contributed by atoms with E-state index in [0.717, 1.165) is 12.2 Å². The second kappa shape index (κ2) is 6.61. The van der Waals surface area contributed by atoms with Crippen molar-refractivity contribution in [2.45, 2.75) is 25.5 Å². The van der Waals surface area contributed by atoms with Gasteiger partial charge in [0.05, 0.1) is 19.0 Å². The molecule has 86 valence electrons. The second-order valence-electron chi connectivity index (χ2n) is 3.70. The minimum Gasteiger partial charge on any atom is -0.469 e. The Balaban J connectivity index is 2.16. The van der Waals surface area contributed by atoms with E-state index in [1.165, 1.54) is 0 Å². The molecule has 4 nitrogen and oxygen atoms in total. The Bertz CT molecular complexity index is 248. The van der Waals surface area contributed by atoms with E-state index in [1.54, 1.807) is 13.4 Å². The van der Waals surface area contributed by atoms with Crippen LogP contribution in [0.25, 0.3) is 0 Å². The molecule has 0 bridgehead atoms. The molecule has 2 atom stereocenters. The van der Waals surface area contributed by atoms with E-state index >= 15 is 0 Å². The minimum absolute atomic E-state index is 0.280. The first-order chi connectivity index (χ1) is 7.22. The van der Waals surface area contributed by atoms with Crippen LogP contribution in [0.1, 0.15) is 12.7 Å². The molecule has 0 aliphatic heterocycles. The Labute approximate surface area is 90.2 Å². The van der Waals surface area contributed by atoms with Gasteiger partial charge in [-0.3, -0.25) is 0 Å². The van der Waals surface area contributed by atoms with Crippen molar-refractivity contribution in [3.63, 3.8) is 0 Å². The first-order valence-corrected chi connectivity index (χ1v) is 5.15. The fraction of sp³-hybridized carbons (Fsp3) is 0.636. The van der Waals surface area contributed by atoms with E-state index in [9.17, 15) is 5.11 Å². The van der Waals surface area contributed by atoms with Crippen molar-refractivity contribution < 1.29 is 14.3 Å². The van der Waals surface area contributed by atoms with Gasteiger partial charge in [0.1, 0.15) is 5.76 Å². The summed E-state index contributed by atoms with van der Waals surface area (Å²) in [5, 5.41) is 12.6. The number of rotatable bonds is 7. The number of aliphatic hydroxyl groups excluding tert-OH is 1. The Hall–Kier alpha value is -0.840. The van der Waals surface area contributed by atoms with Gasteiger partial charge in [0.25, 0.3) is 0 Å². The average molecular weight is 213 g/mol. The van der Waals surface area contributed by atoms with Crippen LogP contribution in [0.2, 0.25) is 0 Å². The summed E-state index contributed by atoms with van der Waals surface area (Å²) in [6.45, 7) is 2.96. The molecule has 1 aromatic heterocycles. The molecule has 0 spiro atoms. The van der Waals surface area contributed by atoms with Gasteiger partial charge in [0, 0.05) is 26.1 Å². The lowest BCUT2D eigenvalue weighted by molar-refractivity contribution is 0.0629. The van der Waals surface area contributed by atoms with Crippen LogP contribution < -0.4 is 5.32 Å². The maximum absolute atomic E-state index is 9.41. The molecule has 0 fully saturated rings. The molecular formula is C11H19NO3. The number of methoxy groups -OCH3 is 1. The van der Waals surface area contributed by atoms with Crippen LogP contribution in [-0.2, 0) is 11.2 Å². The topological polar surface area (TPSA) is 54.6 Å². The Kier molecular flexibility index (Phi) is 5.39. The first-order valence-electron chi connectivity index (χ1n) is 5.15. The molecule has 0 saturated carbocycles. The largest absolute Gasteiger partial charge is 0.469 e. The summed E-state index contributed by atoms with van der Waals surface area (Å²) in [5.41, 5.74) is 0. The van der Waals surface area contributed by atoms with Crippen LogP contribution in [0.3, 0.4) is 0 Å². The van der Waals surface area contributed by atoms with Crippen molar-refractivity contribution in [3.05, 3.63) is 24.2 Å². The lowest BCUT2D eigenvalue weighted by Gasteiger charge is -2.15.